The Labute approximate surface area is 165 Å². The SMILES string of the molecule is C[C@@H](OC(=O)/C=C/c1c(Cl)nc2ccccn12)C(=O)NCc1ccc(F)cc1. The van der Waals surface area contributed by atoms with Crippen LogP contribution in [0.3, 0.4) is 0 Å². The van der Waals surface area contributed by atoms with Gasteiger partial charge in [-0.2, -0.15) is 0 Å². The minimum Gasteiger partial charge on any atom is -0.449 e. The monoisotopic (exact) mass is 401 g/mol. The average molecular weight is 402 g/mol. The number of imidazole rings is 1. The summed E-state index contributed by atoms with van der Waals surface area (Å²) in [5.41, 5.74) is 1.91. The van der Waals surface area contributed by atoms with Crippen LogP contribution in [0.5, 0.6) is 0 Å². The molecule has 0 unspecified atom stereocenters. The fourth-order valence-corrected chi connectivity index (χ4v) is 2.73. The molecule has 0 aliphatic heterocycles. The molecule has 0 fully saturated rings. The highest BCUT2D eigenvalue weighted by molar-refractivity contribution is 6.31. The van der Waals surface area contributed by atoms with Crippen molar-refractivity contribution in [3.05, 3.63) is 77.0 Å². The molecule has 0 bridgehead atoms. The predicted octanol–water partition coefficient (Wildman–Crippen LogP) is 3.39. The van der Waals surface area contributed by atoms with Crippen LogP contribution in [0.4, 0.5) is 4.39 Å². The van der Waals surface area contributed by atoms with Crippen LogP contribution in [0.1, 0.15) is 18.2 Å². The predicted molar refractivity (Wildman–Crippen MR) is 103 cm³/mol. The lowest BCUT2D eigenvalue weighted by Gasteiger charge is -2.12. The van der Waals surface area contributed by atoms with Crippen molar-refractivity contribution in [2.75, 3.05) is 0 Å². The van der Waals surface area contributed by atoms with E-state index >= 15 is 0 Å². The van der Waals surface area contributed by atoms with E-state index in [2.05, 4.69) is 10.3 Å². The number of pyridine rings is 1. The number of ether oxygens (including phenoxy) is 1. The molecule has 144 valence electrons. The lowest BCUT2D eigenvalue weighted by atomic mass is 10.2. The Kier molecular flexibility index (Phi) is 6.06. The van der Waals surface area contributed by atoms with E-state index in [1.54, 1.807) is 28.8 Å². The zero-order chi connectivity index (χ0) is 20.1. The van der Waals surface area contributed by atoms with Crippen LogP contribution in [0, 0.1) is 5.82 Å². The third-order valence-electron chi connectivity index (χ3n) is 3.94. The topological polar surface area (TPSA) is 72.7 Å². The number of carbonyl (C=O) groups is 2. The van der Waals surface area contributed by atoms with Gasteiger partial charge in [-0.15, -0.1) is 0 Å². The van der Waals surface area contributed by atoms with Crippen molar-refractivity contribution in [3.8, 4) is 0 Å². The summed E-state index contributed by atoms with van der Waals surface area (Å²) in [6.45, 7) is 1.67. The Bertz CT molecular complexity index is 1030. The Morgan fingerprint density at radius 3 is 2.79 bits per heavy atom. The lowest BCUT2D eigenvalue weighted by Crippen LogP contribution is -2.35. The molecular formula is C20H17ClFN3O3. The van der Waals surface area contributed by atoms with Crippen LogP contribution in [0.2, 0.25) is 5.15 Å². The van der Waals surface area contributed by atoms with Gasteiger partial charge in [0, 0.05) is 18.8 Å². The standard InChI is InChI=1S/C20H17ClFN3O3/c1-13(20(27)23-12-14-5-7-15(22)8-6-14)28-18(26)10-9-16-19(21)24-17-4-2-3-11-25(16)17/h2-11,13H,12H2,1H3,(H,23,27)/b10-9+/t13-/m1/s1. The first-order valence-corrected chi connectivity index (χ1v) is 8.85. The number of rotatable bonds is 6. The van der Waals surface area contributed by atoms with E-state index < -0.39 is 18.0 Å². The number of nitrogens with zero attached hydrogens (tertiary/aromatic N) is 2. The van der Waals surface area contributed by atoms with Crippen molar-refractivity contribution in [1.29, 1.82) is 0 Å². The van der Waals surface area contributed by atoms with Gasteiger partial charge in [-0.3, -0.25) is 9.20 Å². The minimum absolute atomic E-state index is 0.203. The molecule has 28 heavy (non-hydrogen) atoms. The Morgan fingerprint density at radius 2 is 2.04 bits per heavy atom. The summed E-state index contributed by atoms with van der Waals surface area (Å²) in [6, 6.07) is 11.2. The molecular weight excluding hydrogens is 385 g/mol. The number of esters is 1. The van der Waals surface area contributed by atoms with Crippen molar-refractivity contribution < 1.29 is 18.7 Å². The van der Waals surface area contributed by atoms with E-state index in [9.17, 15) is 14.0 Å². The van der Waals surface area contributed by atoms with E-state index in [1.165, 1.54) is 31.2 Å². The number of hydrogen-bond acceptors (Lipinski definition) is 4. The number of carbonyl (C=O) groups excluding carboxylic acids is 2. The number of amides is 1. The quantitative estimate of drug-likeness (QED) is 0.507. The first-order valence-electron chi connectivity index (χ1n) is 8.47. The number of hydrogen-bond donors (Lipinski definition) is 1. The number of nitrogens with one attached hydrogen (secondary N) is 1. The fourth-order valence-electron chi connectivity index (χ4n) is 2.48. The maximum Gasteiger partial charge on any atom is 0.331 e. The van der Waals surface area contributed by atoms with Gasteiger partial charge in [0.2, 0.25) is 0 Å². The van der Waals surface area contributed by atoms with E-state index in [0.29, 0.717) is 11.3 Å². The first kappa shape index (κ1) is 19.6. The second-order valence-electron chi connectivity index (χ2n) is 5.97. The molecule has 0 radical (unpaired) electrons. The maximum atomic E-state index is 12.9. The molecule has 1 atom stereocenters. The molecule has 1 aromatic carbocycles. The molecule has 1 amide bonds. The molecule has 8 heteroatoms. The van der Waals surface area contributed by atoms with Gasteiger partial charge in [0.25, 0.3) is 5.91 Å². The highest BCUT2D eigenvalue weighted by atomic mass is 35.5. The third kappa shape index (κ3) is 4.75. The molecule has 0 saturated carbocycles. The third-order valence-corrected chi connectivity index (χ3v) is 4.22. The highest BCUT2D eigenvalue weighted by Crippen LogP contribution is 2.18. The number of aromatic nitrogens is 2. The van der Waals surface area contributed by atoms with Crippen LogP contribution < -0.4 is 5.32 Å². The van der Waals surface area contributed by atoms with E-state index in [4.69, 9.17) is 16.3 Å². The summed E-state index contributed by atoms with van der Waals surface area (Å²) in [6.07, 6.45) is 3.44. The average Bonchev–Trinajstić information content (AvgIpc) is 3.00. The van der Waals surface area contributed by atoms with Gasteiger partial charge < -0.3 is 10.1 Å². The molecule has 3 aromatic rings. The molecule has 2 heterocycles. The summed E-state index contributed by atoms with van der Waals surface area (Å²) in [5.74, 6) is -1.50. The highest BCUT2D eigenvalue weighted by Gasteiger charge is 2.16. The Hall–Kier alpha value is -3.19. The molecule has 3 rings (SSSR count). The van der Waals surface area contributed by atoms with Crippen LogP contribution in [-0.4, -0.2) is 27.4 Å². The minimum atomic E-state index is -0.991. The molecule has 0 aliphatic rings. The molecule has 1 N–H and O–H groups in total. The Balaban J connectivity index is 1.56. The van der Waals surface area contributed by atoms with Crippen LogP contribution in [0.25, 0.3) is 11.7 Å². The van der Waals surface area contributed by atoms with Crippen molar-refractivity contribution in [1.82, 2.24) is 14.7 Å². The van der Waals surface area contributed by atoms with Gasteiger partial charge in [-0.05, 0) is 42.8 Å². The zero-order valence-electron chi connectivity index (χ0n) is 14.9. The Morgan fingerprint density at radius 1 is 1.29 bits per heavy atom. The van der Waals surface area contributed by atoms with Gasteiger partial charge in [-0.25, -0.2) is 14.2 Å². The van der Waals surface area contributed by atoms with Gasteiger partial charge >= 0.3 is 5.97 Å². The summed E-state index contributed by atoms with van der Waals surface area (Å²) in [7, 11) is 0. The second-order valence-corrected chi connectivity index (χ2v) is 6.33. The van der Waals surface area contributed by atoms with Crippen molar-refractivity contribution in [2.45, 2.75) is 19.6 Å². The normalized spacial score (nSPS) is 12.2. The van der Waals surface area contributed by atoms with Gasteiger partial charge in [0.15, 0.2) is 11.3 Å². The van der Waals surface area contributed by atoms with Crippen LogP contribution >= 0.6 is 11.6 Å². The van der Waals surface area contributed by atoms with Gasteiger partial charge in [-0.1, -0.05) is 29.8 Å². The molecule has 0 aliphatic carbocycles. The number of fused-ring (bicyclic) bond motifs is 1. The first-order chi connectivity index (χ1) is 13.4. The molecule has 0 spiro atoms. The van der Waals surface area contributed by atoms with Gasteiger partial charge in [0.1, 0.15) is 11.5 Å². The fraction of sp³-hybridized carbons (Fsp3) is 0.150. The van der Waals surface area contributed by atoms with Gasteiger partial charge in [0.05, 0.1) is 5.69 Å². The summed E-state index contributed by atoms with van der Waals surface area (Å²) < 4.78 is 19.7. The maximum absolute atomic E-state index is 12.9. The van der Waals surface area contributed by atoms with E-state index in [1.807, 2.05) is 12.1 Å². The van der Waals surface area contributed by atoms with Crippen molar-refractivity contribution in [2.24, 2.45) is 0 Å². The smallest absolute Gasteiger partial charge is 0.331 e. The summed E-state index contributed by atoms with van der Waals surface area (Å²) in [5, 5.41) is 2.88. The van der Waals surface area contributed by atoms with Crippen LogP contribution in [0.15, 0.2) is 54.7 Å². The zero-order valence-corrected chi connectivity index (χ0v) is 15.7. The largest absolute Gasteiger partial charge is 0.449 e. The van der Waals surface area contributed by atoms with E-state index in [-0.39, 0.29) is 17.5 Å². The number of benzene rings is 1. The van der Waals surface area contributed by atoms with Crippen molar-refractivity contribution >= 4 is 35.2 Å². The number of halogens is 2. The van der Waals surface area contributed by atoms with Crippen LogP contribution in [-0.2, 0) is 20.9 Å². The van der Waals surface area contributed by atoms with Crippen molar-refractivity contribution in [3.63, 3.8) is 0 Å². The lowest BCUT2D eigenvalue weighted by molar-refractivity contribution is -0.150. The molecule has 6 nitrogen and oxygen atoms in total. The summed E-state index contributed by atoms with van der Waals surface area (Å²) in [4.78, 5) is 28.2. The summed E-state index contributed by atoms with van der Waals surface area (Å²) >= 11 is 6.09. The molecule has 0 saturated heterocycles. The molecule has 2 aromatic heterocycles. The van der Waals surface area contributed by atoms with E-state index in [0.717, 1.165) is 5.56 Å². The second kappa shape index (κ2) is 8.67.